The molecule has 0 spiro atoms. The highest BCUT2D eigenvalue weighted by molar-refractivity contribution is 5.89. The van der Waals surface area contributed by atoms with Crippen LogP contribution >= 0.6 is 0 Å². The maximum Gasteiger partial charge on any atom is 0.243 e. The van der Waals surface area contributed by atoms with Crippen LogP contribution in [-0.2, 0) is 9.59 Å². The summed E-state index contributed by atoms with van der Waals surface area (Å²) in [6.07, 6.45) is 11.9. The molecule has 164 valence electrons. The Morgan fingerprint density at radius 1 is 1.14 bits per heavy atom. The van der Waals surface area contributed by atoms with Crippen molar-refractivity contribution >= 4 is 12.3 Å². The molecule has 3 fully saturated rings. The topological polar surface area (TPSA) is 84.2 Å². The Morgan fingerprint density at radius 3 is 2.41 bits per heavy atom. The maximum absolute atomic E-state index is 11.7. The minimum atomic E-state index is -0.0677. The monoisotopic (exact) mass is 403 g/mol. The Balaban J connectivity index is 0.000000298. The highest BCUT2D eigenvalue weighted by Crippen LogP contribution is 2.65. The summed E-state index contributed by atoms with van der Waals surface area (Å²) < 4.78 is 0. The van der Waals surface area contributed by atoms with E-state index in [4.69, 9.17) is 5.73 Å². The average molecular weight is 404 g/mol. The molecule has 4 aliphatic rings. The van der Waals surface area contributed by atoms with Gasteiger partial charge in [-0.25, -0.2) is 0 Å². The lowest BCUT2D eigenvalue weighted by molar-refractivity contribution is -0.124. The normalized spacial score (nSPS) is 45.7. The van der Waals surface area contributed by atoms with Gasteiger partial charge in [-0.3, -0.25) is 9.59 Å². The third-order valence-corrected chi connectivity index (χ3v) is 8.85. The van der Waals surface area contributed by atoms with E-state index < -0.39 is 0 Å². The molecule has 29 heavy (non-hydrogen) atoms. The molecule has 0 saturated heterocycles. The standard InChI is InChI=1S/C19H30N2O.C5H11NO/c1-12-4-5-13-17(12,2)9-6-14-18(3)10-8-16(22)21-15(18)7-11-19(13,14)20;1-5(2,3)6-4-7/h8,10,12-15H,4-7,9,11,20H2,1-3H3,(H,21,22);4H,1-3H3,(H,6,7). The van der Waals surface area contributed by atoms with E-state index in [2.05, 4.69) is 37.5 Å². The van der Waals surface area contributed by atoms with Crippen molar-refractivity contribution < 1.29 is 9.59 Å². The summed E-state index contributed by atoms with van der Waals surface area (Å²) in [5.74, 6) is 2.02. The minimum Gasteiger partial charge on any atom is -0.354 e. The van der Waals surface area contributed by atoms with Gasteiger partial charge in [-0.2, -0.15) is 0 Å². The Labute approximate surface area is 176 Å². The summed E-state index contributed by atoms with van der Waals surface area (Å²) in [5.41, 5.74) is 7.53. The van der Waals surface area contributed by atoms with E-state index in [1.807, 2.05) is 20.8 Å². The Kier molecular flexibility index (Phi) is 5.70. The molecule has 0 aromatic rings. The van der Waals surface area contributed by atoms with Crippen LogP contribution in [0.4, 0.5) is 0 Å². The van der Waals surface area contributed by atoms with E-state index in [9.17, 15) is 9.59 Å². The molecule has 5 nitrogen and oxygen atoms in total. The smallest absolute Gasteiger partial charge is 0.243 e. The summed E-state index contributed by atoms with van der Waals surface area (Å²) >= 11 is 0. The largest absolute Gasteiger partial charge is 0.354 e. The van der Waals surface area contributed by atoms with E-state index in [-0.39, 0.29) is 28.4 Å². The summed E-state index contributed by atoms with van der Waals surface area (Å²) in [4.78, 5) is 21.5. The molecule has 2 amide bonds. The average Bonchev–Trinajstić information content (AvgIpc) is 2.91. The number of rotatable bonds is 1. The van der Waals surface area contributed by atoms with Gasteiger partial charge in [0.25, 0.3) is 0 Å². The molecule has 0 bridgehead atoms. The van der Waals surface area contributed by atoms with Gasteiger partial charge >= 0.3 is 0 Å². The fourth-order valence-electron chi connectivity index (χ4n) is 6.99. The molecule has 1 heterocycles. The third kappa shape index (κ3) is 3.75. The first kappa shape index (κ1) is 22.3. The fourth-order valence-corrected chi connectivity index (χ4v) is 6.99. The zero-order valence-electron chi connectivity index (χ0n) is 19.2. The number of hydrogen-bond acceptors (Lipinski definition) is 3. The van der Waals surface area contributed by atoms with Crippen LogP contribution < -0.4 is 16.4 Å². The minimum absolute atomic E-state index is 0.0358. The molecule has 4 N–H and O–H groups in total. The molecule has 0 radical (unpaired) electrons. The number of fused-ring (bicyclic) bond motifs is 5. The van der Waals surface area contributed by atoms with Gasteiger partial charge in [0.15, 0.2) is 0 Å². The first-order valence-corrected chi connectivity index (χ1v) is 11.4. The number of amides is 2. The van der Waals surface area contributed by atoms with Crippen molar-refractivity contribution in [2.24, 2.45) is 34.3 Å². The maximum atomic E-state index is 11.7. The lowest BCUT2D eigenvalue weighted by Crippen LogP contribution is -2.70. The number of carbonyl (C=O) groups is 2. The van der Waals surface area contributed by atoms with Crippen LogP contribution in [0.1, 0.15) is 80.1 Å². The molecular formula is C24H41N3O2. The van der Waals surface area contributed by atoms with Gasteiger partial charge < -0.3 is 16.4 Å². The van der Waals surface area contributed by atoms with E-state index >= 15 is 0 Å². The number of hydrogen-bond donors (Lipinski definition) is 3. The molecule has 7 atom stereocenters. The van der Waals surface area contributed by atoms with Crippen molar-refractivity contribution in [2.75, 3.05) is 0 Å². The zero-order chi connectivity index (χ0) is 21.7. The fraction of sp³-hybridized carbons (Fsp3) is 0.833. The van der Waals surface area contributed by atoms with Crippen LogP contribution in [0.2, 0.25) is 0 Å². The molecule has 4 rings (SSSR count). The predicted octanol–water partition coefficient (Wildman–Crippen LogP) is 3.53. The number of carbonyl (C=O) groups excluding carboxylic acids is 2. The van der Waals surface area contributed by atoms with Gasteiger partial charge in [0.05, 0.1) is 0 Å². The molecule has 3 aliphatic carbocycles. The zero-order valence-corrected chi connectivity index (χ0v) is 19.2. The van der Waals surface area contributed by atoms with Crippen molar-refractivity contribution in [3.63, 3.8) is 0 Å². The first-order chi connectivity index (χ1) is 13.4. The van der Waals surface area contributed by atoms with E-state index in [0.29, 0.717) is 23.7 Å². The van der Waals surface area contributed by atoms with Crippen molar-refractivity contribution in [1.82, 2.24) is 10.6 Å². The molecule has 0 aromatic heterocycles. The molecular weight excluding hydrogens is 362 g/mol. The molecule has 7 unspecified atom stereocenters. The molecule has 0 aromatic carbocycles. The summed E-state index contributed by atoms with van der Waals surface area (Å²) in [5, 5.41) is 5.81. The van der Waals surface area contributed by atoms with Crippen molar-refractivity contribution in [1.29, 1.82) is 0 Å². The van der Waals surface area contributed by atoms with Crippen molar-refractivity contribution in [2.45, 2.75) is 97.2 Å². The van der Waals surface area contributed by atoms with Gasteiger partial charge in [-0.1, -0.05) is 26.8 Å². The van der Waals surface area contributed by atoms with E-state index in [0.717, 1.165) is 18.8 Å². The summed E-state index contributed by atoms with van der Waals surface area (Å²) in [6, 6.07) is 0.273. The van der Waals surface area contributed by atoms with Crippen LogP contribution in [0.25, 0.3) is 0 Å². The Morgan fingerprint density at radius 2 is 1.83 bits per heavy atom. The van der Waals surface area contributed by atoms with Crippen LogP contribution in [0, 0.1) is 28.6 Å². The second-order valence-electron chi connectivity index (χ2n) is 11.6. The van der Waals surface area contributed by atoms with Gasteiger partial charge in [-0.05, 0) is 88.5 Å². The van der Waals surface area contributed by atoms with Crippen LogP contribution in [0.5, 0.6) is 0 Å². The van der Waals surface area contributed by atoms with E-state index in [1.54, 1.807) is 6.08 Å². The number of nitrogens with two attached hydrogens (primary N) is 1. The van der Waals surface area contributed by atoms with Crippen LogP contribution in [-0.4, -0.2) is 29.4 Å². The molecule has 3 saturated carbocycles. The lowest BCUT2D eigenvalue weighted by Gasteiger charge is -2.63. The lowest BCUT2D eigenvalue weighted by atomic mass is 9.45. The third-order valence-electron chi connectivity index (χ3n) is 8.85. The van der Waals surface area contributed by atoms with Crippen LogP contribution in [0.15, 0.2) is 12.2 Å². The van der Waals surface area contributed by atoms with Gasteiger partial charge in [0.1, 0.15) is 0 Å². The predicted molar refractivity (Wildman–Crippen MR) is 117 cm³/mol. The number of nitrogens with one attached hydrogen (secondary N) is 2. The van der Waals surface area contributed by atoms with Crippen LogP contribution in [0.3, 0.4) is 0 Å². The summed E-state index contributed by atoms with van der Waals surface area (Å²) in [6.45, 7) is 13.1. The van der Waals surface area contributed by atoms with Gasteiger partial charge in [-0.15, -0.1) is 0 Å². The highest BCUT2D eigenvalue weighted by Gasteiger charge is 2.64. The second-order valence-corrected chi connectivity index (χ2v) is 11.6. The highest BCUT2D eigenvalue weighted by atomic mass is 16.1. The summed E-state index contributed by atoms with van der Waals surface area (Å²) in [7, 11) is 0. The molecule has 1 aliphatic heterocycles. The first-order valence-electron chi connectivity index (χ1n) is 11.4. The van der Waals surface area contributed by atoms with E-state index in [1.165, 1.54) is 25.7 Å². The second kappa shape index (κ2) is 7.40. The molecule has 5 heteroatoms. The Hall–Kier alpha value is -1.36. The van der Waals surface area contributed by atoms with Gasteiger partial charge in [0, 0.05) is 22.5 Å². The van der Waals surface area contributed by atoms with Gasteiger partial charge in [0.2, 0.25) is 12.3 Å². The SMILES string of the molecule is CC(C)(C)NC=O.CC1CCC2C1(C)CCC1C3(C)C=CC(=O)NC3CCC12N. The van der Waals surface area contributed by atoms with Crippen molar-refractivity contribution in [3.05, 3.63) is 12.2 Å². The Bertz CT molecular complexity index is 684. The quantitative estimate of drug-likeness (QED) is 0.586. The van der Waals surface area contributed by atoms with Crippen molar-refractivity contribution in [3.8, 4) is 0 Å².